The summed E-state index contributed by atoms with van der Waals surface area (Å²) < 4.78 is 10.9. The molecule has 0 N–H and O–H groups in total. The van der Waals surface area contributed by atoms with Crippen LogP contribution >= 0.6 is 0 Å². The first-order valence-electron chi connectivity index (χ1n) is 6.14. The molecule has 0 spiro atoms. The van der Waals surface area contributed by atoms with Gasteiger partial charge in [-0.3, -0.25) is 0 Å². The van der Waals surface area contributed by atoms with Gasteiger partial charge in [-0.1, -0.05) is 18.2 Å². The van der Waals surface area contributed by atoms with Crippen molar-refractivity contribution in [2.45, 2.75) is 19.3 Å². The van der Waals surface area contributed by atoms with Crippen molar-refractivity contribution in [1.82, 2.24) is 0 Å². The highest BCUT2D eigenvalue weighted by Crippen LogP contribution is 2.12. The Balaban J connectivity index is 2.12. The lowest BCUT2D eigenvalue weighted by Crippen LogP contribution is -2.07. The number of benzene rings is 1. The summed E-state index contributed by atoms with van der Waals surface area (Å²) in [5.74, 6) is 0.811. The Labute approximate surface area is 109 Å². The van der Waals surface area contributed by atoms with Crippen molar-refractivity contribution in [3.8, 4) is 11.8 Å². The largest absolute Gasteiger partial charge is 0.491 e. The summed E-state index contributed by atoms with van der Waals surface area (Å²) in [6.45, 7) is 5.54. The molecule has 0 amide bonds. The third kappa shape index (κ3) is 6.07. The first-order valence-corrected chi connectivity index (χ1v) is 6.14. The van der Waals surface area contributed by atoms with Crippen LogP contribution < -0.4 is 4.74 Å². The van der Waals surface area contributed by atoms with Gasteiger partial charge in [0.15, 0.2) is 0 Å². The number of nitriles is 1. The van der Waals surface area contributed by atoms with Crippen molar-refractivity contribution in [1.29, 1.82) is 5.26 Å². The van der Waals surface area contributed by atoms with E-state index >= 15 is 0 Å². The first-order chi connectivity index (χ1) is 8.86. The summed E-state index contributed by atoms with van der Waals surface area (Å²) in [6.07, 6.45) is 4.32. The summed E-state index contributed by atoms with van der Waals surface area (Å²) in [5, 5.41) is 8.55. The predicted molar refractivity (Wildman–Crippen MR) is 71.5 cm³/mol. The van der Waals surface area contributed by atoms with Crippen LogP contribution in [-0.2, 0) is 11.2 Å². The van der Waals surface area contributed by atoms with Gasteiger partial charge in [-0.15, -0.1) is 6.58 Å². The van der Waals surface area contributed by atoms with Crippen molar-refractivity contribution in [2.75, 3.05) is 19.8 Å². The van der Waals surface area contributed by atoms with Gasteiger partial charge in [-0.2, -0.15) is 5.26 Å². The lowest BCUT2D eigenvalue weighted by Gasteiger charge is -2.07. The third-order valence-electron chi connectivity index (χ3n) is 2.40. The minimum absolute atomic E-state index is 0.437. The van der Waals surface area contributed by atoms with Gasteiger partial charge in [0.25, 0.3) is 0 Å². The Morgan fingerprint density at radius 2 is 1.94 bits per heavy atom. The lowest BCUT2D eigenvalue weighted by molar-refractivity contribution is 0.0988. The Morgan fingerprint density at radius 3 is 2.61 bits per heavy atom. The van der Waals surface area contributed by atoms with E-state index in [9.17, 15) is 0 Å². The Morgan fingerprint density at radius 1 is 1.17 bits per heavy atom. The van der Waals surface area contributed by atoms with E-state index in [1.54, 1.807) is 0 Å². The molecule has 0 unspecified atom stereocenters. The average Bonchev–Trinajstić information content (AvgIpc) is 2.40. The molecule has 3 nitrogen and oxygen atoms in total. The quantitative estimate of drug-likeness (QED) is 0.496. The van der Waals surface area contributed by atoms with Crippen LogP contribution in [0.1, 0.15) is 18.4 Å². The van der Waals surface area contributed by atoms with E-state index in [0.717, 1.165) is 30.8 Å². The zero-order chi connectivity index (χ0) is 13.1. The Hall–Kier alpha value is -1.79. The summed E-state index contributed by atoms with van der Waals surface area (Å²) >= 11 is 0. The zero-order valence-electron chi connectivity index (χ0n) is 10.6. The monoisotopic (exact) mass is 245 g/mol. The fourth-order valence-electron chi connectivity index (χ4n) is 1.45. The van der Waals surface area contributed by atoms with Gasteiger partial charge in [0.2, 0.25) is 0 Å². The first kappa shape index (κ1) is 14.3. The average molecular weight is 245 g/mol. The molecule has 3 heteroatoms. The minimum Gasteiger partial charge on any atom is -0.491 e. The Bertz CT molecular complexity index is 378. The van der Waals surface area contributed by atoms with Gasteiger partial charge >= 0.3 is 0 Å². The molecule has 0 radical (unpaired) electrons. The van der Waals surface area contributed by atoms with E-state index in [4.69, 9.17) is 14.7 Å². The number of rotatable bonds is 9. The fraction of sp³-hybridized carbons (Fsp3) is 0.400. The molecular weight excluding hydrogens is 226 g/mol. The number of hydrogen-bond donors (Lipinski definition) is 0. The van der Waals surface area contributed by atoms with Gasteiger partial charge in [0, 0.05) is 6.61 Å². The molecule has 0 heterocycles. The third-order valence-corrected chi connectivity index (χ3v) is 2.40. The molecule has 1 aromatic rings. The van der Waals surface area contributed by atoms with Crippen molar-refractivity contribution >= 4 is 0 Å². The molecule has 0 aliphatic heterocycles. The maximum absolute atomic E-state index is 8.55. The Kier molecular flexibility index (Phi) is 7.34. The standard InChI is InChI=1S/C15H19NO2/c1-2-3-4-11-17-12-13-18-15-7-5-14(6-8-15)9-10-16/h2,5-8H,1,3-4,9,11-13H2. The molecule has 0 atom stereocenters. The van der Waals surface area contributed by atoms with Crippen LogP contribution in [-0.4, -0.2) is 19.8 Å². The maximum Gasteiger partial charge on any atom is 0.119 e. The van der Waals surface area contributed by atoms with E-state index in [0.29, 0.717) is 19.6 Å². The van der Waals surface area contributed by atoms with Crippen LogP contribution in [0, 0.1) is 11.3 Å². The van der Waals surface area contributed by atoms with Gasteiger partial charge in [-0.05, 0) is 30.5 Å². The summed E-state index contributed by atoms with van der Waals surface area (Å²) in [7, 11) is 0. The second-order valence-electron chi connectivity index (χ2n) is 3.87. The SMILES string of the molecule is C=CCCCOCCOc1ccc(CC#N)cc1. The molecule has 0 aliphatic carbocycles. The highest BCUT2D eigenvalue weighted by atomic mass is 16.5. The molecule has 1 aromatic carbocycles. The van der Waals surface area contributed by atoms with Gasteiger partial charge in [0.1, 0.15) is 12.4 Å². The van der Waals surface area contributed by atoms with Gasteiger partial charge in [0.05, 0.1) is 19.1 Å². The van der Waals surface area contributed by atoms with Crippen LogP contribution in [0.2, 0.25) is 0 Å². The topological polar surface area (TPSA) is 42.2 Å². The summed E-state index contributed by atoms with van der Waals surface area (Å²) in [6, 6.07) is 9.68. The second kappa shape index (κ2) is 9.26. The van der Waals surface area contributed by atoms with Crippen LogP contribution in [0.25, 0.3) is 0 Å². The number of allylic oxidation sites excluding steroid dienone is 1. The van der Waals surface area contributed by atoms with Crippen LogP contribution in [0.3, 0.4) is 0 Å². The molecule has 1 rings (SSSR count). The zero-order valence-corrected chi connectivity index (χ0v) is 10.6. The lowest BCUT2D eigenvalue weighted by atomic mass is 10.2. The van der Waals surface area contributed by atoms with Crippen molar-refractivity contribution in [3.05, 3.63) is 42.5 Å². The van der Waals surface area contributed by atoms with Crippen molar-refractivity contribution in [2.24, 2.45) is 0 Å². The molecule has 0 aliphatic rings. The van der Waals surface area contributed by atoms with E-state index in [1.807, 2.05) is 30.3 Å². The highest BCUT2D eigenvalue weighted by Gasteiger charge is 1.95. The van der Waals surface area contributed by atoms with E-state index in [1.165, 1.54) is 0 Å². The molecule has 0 bridgehead atoms. The summed E-state index contributed by atoms with van der Waals surface area (Å²) in [5.41, 5.74) is 1.01. The highest BCUT2D eigenvalue weighted by molar-refractivity contribution is 5.28. The molecule has 0 saturated carbocycles. The predicted octanol–water partition coefficient (Wildman–Crippen LogP) is 3.11. The number of unbranched alkanes of at least 4 members (excludes halogenated alkanes) is 1. The number of ether oxygens (including phenoxy) is 2. The number of nitrogens with zero attached hydrogens (tertiary/aromatic N) is 1. The van der Waals surface area contributed by atoms with Crippen molar-refractivity contribution < 1.29 is 9.47 Å². The number of hydrogen-bond acceptors (Lipinski definition) is 3. The van der Waals surface area contributed by atoms with Crippen molar-refractivity contribution in [3.63, 3.8) is 0 Å². The van der Waals surface area contributed by atoms with Crippen LogP contribution in [0.15, 0.2) is 36.9 Å². The molecule has 0 fully saturated rings. The smallest absolute Gasteiger partial charge is 0.119 e. The molecule has 0 aromatic heterocycles. The summed E-state index contributed by atoms with van der Waals surface area (Å²) in [4.78, 5) is 0. The fourth-order valence-corrected chi connectivity index (χ4v) is 1.45. The van der Waals surface area contributed by atoms with Crippen LogP contribution in [0.5, 0.6) is 5.75 Å². The molecule has 0 saturated heterocycles. The van der Waals surface area contributed by atoms with Gasteiger partial charge < -0.3 is 9.47 Å². The van der Waals surface area contributed by atoms with E-state index in [-0.39, 0.29) is 0 Å². The van der Waals surface area contributed by atoms with E-state index in [2.05, 4.69) is 12.6 Å². The van der Waals surface area contributed by atoms with Crippen LogP contribution in [0.4, 0.5) is 0 Å². The van der Waals surface area contributed by atoms with Gasteiger partial charge in [-0.25, -0.2) is 0 Å². The molecule has 96 valence electrons. The normalized spacial score (nSPS) is 9.72. The minimum atomic E-state index is 0.437. The second-order valence-corrected chi connectivity index (χ2v) is 3.87. The molecule has 18 heavy (non-hydrogen) atoms. The maximum atomic E-state index is 8.55. The van der Waals surface area contributed by atoms with E-state index < -0.39 is 0 Å². The molecular formula is C15H19NO2.